The van der Waals surface area contributed by atoms with Gasteiger partial charge in [0.2, 0.25) is 0 Å². The zero-order chi connectivity index (χ0) is 7.98. The van der Waals surface area contributed by atoms with Crippen molar-refractivity contribution in [3.05, 3.63) is 11.8 Å². The summed E-state index contributed by atoms with van der Waals surface area (Å²) in [6.07, 6.45) is 1.63. The van der Waals surface area contributed by atoms with Crippen molar-refractivity contribution in [3.63, 3.8) is 0 Å². The fourth-order valence-electron chi connectivity index (χ4n) is 0.360. The highest BCUT2D eigenvalue weighted by atomic mass is 16.1. The predicted octanol–water partition coefficient (Wildman–Crippen LogP) is 1.05. The summed E-state index contributed by atoms with van der Waals surface area (Å²) < 4.78 is 0. The Morgan fingerprint density at radius 2 is 2.10 bits per heavy atom. The van der Waals surface area contributed by atoms with E-state index in [2.05, 4.69) is 17.2 Å². The molecule has 0 saturated carbocycles. The summed E-state index contributed by atoms with van der Waals surface area (Å²) in [6, 6.07) is 0. The average molecular weight is 137 g/mol. The first-order valence-corrected chi connectivity index (χ1v) is 3.03. The van der Waals surface area contributed by atoms with Crippen LogP contribution < -0.4 is 5.32 Å². The highest BCUT2D eigenvalue weighted by molar-refractivity contribution is 5.94. The molecule has 0 aromatic carbocycles. The number of allylic oxidation sites excluding steroid dienone is 1. The summed E-state index contributed by atoms with van der Waals surface area (Å²) >= 11 is 0. The zero-order valence-electron chi connectivity index (χ0n) is 6.49. The van der Waals surface area contributed by atoms with Gasteiger partial charge in [0, 0.05) is 6.20 Å². The molecule has 0 aromatic heterocycles. The SMILES string of the molecule is CC#CC(=O)NC=C(C)C. The van der Waals surface area contributed by atoms with Gasteiger partial charge in [0.15, 0.2) is 0 Å². The van der Waals surface area contributed by atoms with Gasteiger partial charge >= 0.3 is 0 Å². The molecule has 1 amide bonds. The predicted molar refractivity (Wildman–Crippen MR) is 41.0 cm³/mol. The molecular weight excluding hydrogens is 126 g/mol. The van der Waals surface area contributed by atoms with E-state index in [1.165, 1.54) is 0 Å². The van der Waals surface area contributed by atoms with Gasteiger partial charge in [-0.25, -0.2) is 0 Å². The number of hydrogen-bond acceptors (Lipinski definition) is 1. The van der Waals surface area contributed by atoms with Crippen LogP contribution in [0.15, 0.2) is 11.8 Å². The van der Waals surface area contributed by atoms with Crippen molar-refractivity contribution < 1.29 is 4.79 Å². The van der Waals surface area contributed by atoms with E-state index >= 15 is 0 Å². The molecule has 0 aliphatic rings. The van der Waals surface area contributed by atoms with E-state index in [9.17, 15) is 4.79 Å². The molecular formula is C8H11NO. The lowest BCUT2D eigenvalue weighted by Crippen LogP contribution is -2.14. The Morgan fingerprint density at radius 3 is 2.50 bits per heavy atom. The minimum atomic E-state index is -0.260. The van der Waals surface area contributed by atoms with E-state index in [1.54, 1.807) is 13.1 Å². The quantitative estimate of drug-likeness (QED) is 0.538. The van der Waals surface area contributed by atoms with Crippen LogP contribution >= 0.6 is 0 Å². The molecule has 10 heavy (non-hydrogen) atoms. The molecule has 0 rings (SSSR count). The van der Waals surface area contributed by atoms with Gasteiger partial charge in [0.1, 0.15) is 0 Å². The highest BCUT2D eigenvalue weighted by Gasteiger charge is 1.87. The summed E-state index contributed by atoms with van der Waals surface area (Å²) in [4.78, 5) is 10.6. The van der Waals surface area contributed by atoms with Crippen molar-refractivity contribution in [1.29, 1.82) is 0 Å². The molecule has 0 aromatic rings. The first-order chi connectivity index (χ1) is 4.66. The molecule has 54 valence electrons. The van der Waals surface area contributed by atoms with E-state index in [0.717, 1.165) is 5.57 Å². The molecule has 0 radical (unpaired) electrons. The van der Waals surface area contributed by atoms with Gasteiger partial charge in [-0.1, -0.05) is 11.5 Å². The Hall–Kier alpha value is -1.23. The van der Waals surface area contributed by atoms with Crippen molar-refractivity contribution in [2.75, 3.05) is 0 Å². The third-order valence-corrected chi connectivity index (χ3v) is 0.730. The topological polar surface area (TPSA) is 29.1 Å². The molecule has 0 unspecified atom stereocenters. The maximum Gasteiger partial charge on any atom is 0.299 e. The van der Waals surface area contributed by atoms with Gasteiger partial charge in [0.05, 0.1) is 0 Å². The summed E-state index contributed by atoms with van der Waals surface area (Å²) in [6.45, 7) is 5.43. The fraction of sp³-hybridized carbons (Fsp3) is 0.375. The number of amides is 1. The maximum absolute atomic E-state index is 10.6. The molecule has 0 atom stereocenters. The summed E-state index contributed by atoms with van der Waals surface area (Å²) in [5.41, 5.74) is 1.05. The molecule has 0 bridgehead atoms. The first-order valence-electron chi connectivity index (χ1n) is 3.03. The van der Waals surface area contributed by atoms with Crippen LogP contribution in [0, 0.1) is 11.8 Å². The zero-order valence-corrected chi connectivity index (χ0v) is 6.49. The Bertz CT molecular complexity index is 201. The van der Waals surface area contributed by atoms with Crippen LogP contribution in [0.5, 0.6) is 0 Å². The van der Waals surface area contributed by atoms with Gasteiger partial charge in [-0.15, -0.1) is 0 Å². The van der Waals surface area contributed by atoms with Crippen LogP contribution in [0.4, 0.5) is 0 Å². The third kappa shape index (κ3) is 4.92. The Kier molecular flexibility index (Phi) is 4.06. The van der Waals surface area contributed by atoms with Crippen LogP contribution in [0.25, 0.3) is 0 Å². The molecule has 0 spiro atoms. The second kappa shape index (κ2) is 4.63. The Labute approximate surface area is 61.3 Å². The smallest absolute Gasteiger partial charge is 0.299 e. The number of rotatable bonds is 1. The van der Waals surface area contributed by atoms with E-state index in [1.807, 2.05) is 13.8 Å². The molecule has 0 saturated heterocycles. The molecule has 0 heterocycles. The number of carbonyl (C=O) groups excluding carboxylic acids is 1. The minimum Gasteiger partial charge on any atom is -0.322 e. The lowest BCUT2D eigenvalue weighted by Gasteiger charge is -1.90. The van der Waals surface area contributed by atoms with Crippen molar-refractivity contribution in [2.45, 2.75) is 20.8 Å². The maximum atomic E-state index is 10.6. The molecule has 0 fully saturated rings. The fourth-order valence-corrected chi connectivity index (χ4v) is 0.360. The number of carbonyl (C=O) groups is 1. The molecule has 0 aliphatic heterocycles. The van der Waals surface area contributed by atoms with Gasteiger partial charge in [0.25, 0.3) is 5.91 Å². The van der Waals surface area contributed by atoms with Crippen LogP contribution in [-0.2, 0) is 4.79 Å². The second-order valence-electron chi connectivity index (χ2n) is 2.07. The standard InChI is InChI=1S/C8H11NO/c1-4-5-8(10)9-6-7(2)3/h6H,1-3H3,(H,9,10). The van der Waals surface area contributed by atoms with Crippen LogP contribution in [0.2, 0.25) is 0 Å². The average Bonchev–Trinajstić information content (AvgIpc) is 1.85. The van der Waals surface area contributed by atoms with Crippen molar-refractivity contribution in [2.24, 2.45) is 0 Å². The van der Waals surface area contributed by atoms with Gasteiger partial charge in [-0.2, -0.15) is 0 Å². The third-order valence-electron chi connectivity index (χ3n) is 0.730. The van der Waals surface area contributed by atoms with Crippen molar-refractivity contribution in [1.82, 2.24) is 5.32 Å². The summed E-state index contributed by atoms with van der Waals surface area (Å²) in [5.74, 6) is 4.60. The largest absolute Gasteiger partial charge is 0.322 e. The lowest BCUT2D eigenvalue weighted by molar-refractivity contribution is -0.114. The first kappa shape index (κ1) is 8.77. The van der Waals surface area contributed by atoms with E-state index < -0.39 is 0 Å². The molecule has 2 heteroatoms. The van der Waals surface area contributed by atoms with E-state index in [4.69, 9.17) is 0 Å². The second-order valence-corrected chi connectivity index (χ2v) is 2.07. The van der Waals surface area contributed by atoms with Crippen LogP contribution in [0.1, 0.15) is 20.8 Å². The minimum absolute atomic E-state index is 0.260. The van der Waals surface area contributed by atoms with Gasteiger partial charge in [-0.3, -0.25) is 4.79 Å². The van der Waals surface area contributed by atoms with Gasteiger partial charge < -0.3 is 5.32 Å². The van der Waals surface area contributed by atoms with Crippen LogP contribution in [0.3, 0.4) is 0 Å². The van der Waals surface area contributed by atoms with Crippen molar-refractivity contribution >= 4 is 5.91 Å². The summed E-state index contributed by atoms with van der Waals surface area (Å²) in [5, 5.41) is 2.51. The molecule has 0 aliphatic carbocycles. The van der Waals surface area contributed by atoms with Gasteiger partial charge in [-0.05, 0) is 26.7 Å². The number of hydrogen-bond donors (Lipinski definition) is 1. The monoisotopic (exact) mass is 137 g/mol. The Balaban J connectivity index is 3.78. The van der Waals surface area contributed by atoms with E-state index in [0.29, 0.717) is 0 Å². The van der Waals surface area contributed by atoms with Crippen LogP contribution in [-0.4, -0.2) is 5.91 Å². The molecule has 1 N–H and O–H groups in total. The number of nitrogens with one attached hydrogen (secondary N) is 1. The highest BCUT2D eigenvalue weighted by Crippen LogP contribution is 1.82. The Morgan fingerprint density at radius 1 is 1.50 bits per heavy atom. The summed E-state index contributed by atoms with van der Waals surface area (Å²) in [7, 11) is 0. The van der Waals surface area contributed by atoms with Crippen molar-refractivity contribution in [3.8, 4) is 11.8 Å². The molecule has 2 nitrogen and oxygen atoms in total. The normalized spacial score (nSPS) is 7.10. The lowest BCUT2D eigenvalue weighted by atomic mass is 10.4. The van der Waals surface area contributed by atoms with E-state index in [-0.39, 0.29) is 5.91 Å².